The van der Waals surface area contributed by atoms with Crippen molar-refractivity contribution in [3.8, 4) is 0 Å². The predicted molar refractivity (Wildman–Crippen MR) is 83.9 cm³/mol. The number of nitrogens with one attached hydrogen (secondary N) is 1. The highest BCUT2D eigenvalue weighted by Crippen LogP contribution is 2.15. The Kier molecular flexibility index (Phi) is 5.30. The molecule has 8 heteroatoms. The Bertz CT molecular complexity index is 742. The summed E-state index contributed by atoms with van der Waals surface area (Å²) < 4.78 is 27.1. The fourth-order valence-corrected chi connectivity index (χ4v) is 3.51. The van der Waals surface area contributed by atoms with E-state index in [0.29, 0.717) is 0 Å². The van der Waals surface area contributed by atoms with Gasteiger partial charge in [-0.05, 0) is 29.6 Å². The van der Waals surface area contributed by atoms with E-state index in [1.807, 2.05) is 17.5 Å². The Morgan fingerprint density at radius 3 is 2.73 bits per heavy atom. The van der Waals surface area contributed by atoms with Gasteiger partial charge in [0, 0.05) is 24.0 Å². The molecule has 0 spiro atoms. The summed E-state index contributed by atoms with van der Waals surface area (Å²) in [7, 11) is -0.861. The van der Waals surface area contributed by atoms with Crippen LogP contribution in [-0.4, -0.2) is 33.5 Å². The van der Waals surface area contributed by atoms with E-state index in [0.717, 1.165) is 9.94 Å². The van der Waals surface area contributed by atoms with Gasteiger partial charge in [0.15, 0.2) is 0 Å². The number of hydroxylamine groups is 2. The molecule has 0 atom stereocenters. The molecule has 1 heterocycles. The monoisotopic (exact) mass is 340 g/mol. The third-order valence-electron chi connectivity index (χ3n) is 2.97. The van der Waals surface area contributed by atoms with Crippen LogP contribution in [0.1, 0.15) is 15.2 Å². The molecular weight excluding hydrogens is 324 g/mol. The maximum absolute atomic E-state index is 12.3. The SMILES string of the molecule is CON(C)C(=O)c1cccc(S(=O)(=O)NCc2cccs2)c1. The molecule has 118 valence electrons. The van der Waals surface area contributed by atoms with Gasteiger partial charge in [-0.3, -0.25) is 9.63 Å². The number of thiophene rings is 1. The van der Waals surface area contributed by atoms with E-state index >= 15 is 0 Å². The van der Waals surface area contributed by atoms with Crippen molar-refractivity contribution in [2.24, 2.45) is 0 Å². The average molecular weight is 340 g/mol. The molecule has 1 aromatic carbocycles. The number of benzene rings is 1. The topological polar surface area (TPSA) is 75.7 Å². The Morgan fingerprint density at radius 2 is 2.09 bits per heavy atom. The zero-order valence-electron chi connectivity index (χ0n) is 12.1. The van der Waals surface area contributed by atoms with Crippen LogP contribution in [0.25, 0.3) is 0 Å². The predicted octanol–water partition coefficient (Wildman–Crippen LogP) is 1.86. The summed E-state index contributed by atoms with van der Waals surface area (Å²) in [5, 5.41) is 2.91. The summed E-state index contributed by atoms with van der Waals surface area (Å²) in [5.41, 5.74) is 0.239. The van der Waals surface area contributed by atoms with Crippen LogP contribution in [0.3, 0.4) is 0 Å². The van der Waals surface area contributed by atoms with E-state index in [1.54, 1.807) is 0 Å². The highest BCUT2D eigenvalue weighted by molar-refractivity contribution is 7.89. The second kappa shape index (κ2) is 7.01. The summed E-state index contributed by atoms with van der Waals surface area (Å²) in [6, 6.07) is 9.54. The Hall–Kier alpha value is -1.74. The van der Waals surface area contributed by atoms with Crippen molar-refractivity contribution < 1.29 is 18.0 Å². The van der Waals surface area contributed by atoms with Gasteiger partial charge < -0.3 is 0 Å². The van der Waals surface area contributed by atoms with Crippen molar-refractivity contribution in [3.05, 3.63) is 52.2 Å². The highest BCUT2D eigenvalue weighted by Gasteiger charge is 2.18. The van der Waals surface area contributed by atoms with Crippen LogP contribution in [-0.2, 0) is 21.4 Å². The summed E-state index contributed by atoms with van der Waals surface area (Å²) in [5.74, 6) is -0.419. The van der Waals surface area contributed by atoms with E-state index in [9.17, 15) is 13.2 Å². The third kappa shape index (κ3) is 3.92. The summed E-state index contributed by atoms with van der Waals surface area (Å²) >= 11 is 1.47. The van der Waals surface area contributed by atoms with Crippen LogP contribution in [0, 0.1) is 0 Å². The van der Waals surface area contributed by atoms with Gasteiger partial charge in [0.05, 0.1) is 12.0 Å². The number of hydrogen-bond donors (Lipinski definition) is 1. The first-order valence-corrected chi connectivity index (χ1v) is 8.74. The fraction of sp³-hybridized carbons (Fsp3) is 0.214. The van der Waals surface area contributed by atoms with E-state index < -0.39 is 15.9 Å². The van der Waals surface area contributed by atoms with Crippen molar-refractivity contribution in [1.29, 1.82) is 0 Å². The molecule has 0 fully saturated rings. The number of carbonyl (C=O) groups excluding carboxylic acids is 1. The van der Waals surface area contributed by atoms with Crippen molar-refractivity contribution in [3.63, 3.8) is 0 Å². The molecule has 1 N–H and O–H groups in total. The lowest BCUT2D eigenvalue weighted by molar-refractivity contribution is -0.0757. The molecule has 0 aliphatic rings. The molecule has 0 unspecified atom stereocenters. The van der Waals surface area contributed by atoms with Crippen molar-refractivity contribution in [2.75, 3.05) is 14.2 Å². The van der Waals surface area contributed by atoms with Crippen molar-refractivity contribution in [1.82, 2.24) is 9.79 Å². The third-order valence-corrected chi connectivity index (χ3v) is 5.24. The largest absolute Gasteiger partial charge is 0.277 e. The van der Waals surface area contributed by atoms with Gasteiger partial charge in [0.2, 0.25) is 10.0 Å². The quantitative estimate of drug-likeness (QED) is 0.815. The van der Waals surface area contributed by atoms with Gasteiger partial charge in [-0.15, -0.1) is 11.3 Å². The van der Waals surface area contributed by atoms with E-state index in [1.165, 1.54) is 49.8 Å². The number of hydrogen-bond acceptors (Lipinski definition) is 5. The van der Waals surface area contributed by atoms with E-state index in [2.05, 4.69) is 4.72 Å². The Labute approximate surface area is 133 Å². The molecule has 1 amide bonds. The van der Waals surface area contributed by atoms with Crippen LogP contribution in [0.5, 0.6) is 0 Å². The maximum atomic E-state index is 12.3. The van der Waals surface area contributed by atoms with Crippen LogP contribution in [0.4, 0.5) is 0 Å². The molecule has 0 saturated carbocycles. The molecule has 0 bridgehead atoms. The number of nitrogens with zero attached hydrogens (tertiary/aromatic N) is 1. The average Bonchev–Trinajstić information content (AvgIpc) is 3.05. The zero-order chi connectivity index (χ0) is 16.2. The Balaban J connectivity index is 2.19. The second-order valence-electron chi connectivity index (χ2n) is 4.42. The number of sulfonamides is 1. The molecule has 0 aliphatic carbocycles. The normalized spacial score (nSPS) is 11.4. The van der Waals surface area contributed by atoms with Gasteiger partial charge in [-0.2, -0.15) is 0 Å². The first-order chi connectivity index (χ1) is 10.4. The summed E-state index contributed by atoms with van der Waals surface area (Å²) in [4.78, 5) is 17.7. The Morgan fingerprint density at radius 1 is 1.32 bits per heavy atom. The molecule has 0 aliphatic heterocycles. The molecule has 0 saturated heterocycles. The number of rotatable bonds is 6. The second-order valence-corrected chi connectivity index (χ2v) is 7.22. The standard InChI is InChI=1S/C14H16N2O4S2/c1-16(20-2)14(17)11-5-3-7-13(9-11)22(18,19)15-10-12-6-4-8-21-12/h3-9,15H,10H2,1-2H3. The van der Waals surface area contributed by atoms with Crippen molar-refractivity contribution >= 4 is 27.3 Å². The van der Waals surface area contributed by atoms with Crippen LogP contribution in [0.2, 0.25) is 0 Å². The number of amides is 1. The maximum Gasteiger partial charge on any atom is 0.277 e. The van der Waals surface area contributed by atoms with Crippen LogP contribution >= 0.6 is 11.3 Å². The smallest absolute Gasteiger partial charge is 0.274 e. The summed E-state index contributed by atoms with van der Waals surface area (Å²) in [6.07, 6.45) is 0. The molecule has 22 heavy (non-hydrogen) atoms. The van der Waals surface area contributed by atoms with Crippen LogP contribution in [0.15, 0.2) is 46.7 Å². The van der Waals surface area contributed by atoms with Gasteiger partial charge in [-0.1, -0.05) is 12.1 Å². The minimum absolute atomic E-state index is 0.0411. The number of carbonyl (C=O) groups is 1. The first kappa shape index (κ1) is 16.6. The molecule has 6 nitrogen and oxygen atoms in total. The minimum atomic E-state index is -3.68. The lowest BCUT2D eigenvalue weighted by Gasteiger charge is -2.14. The fourth-order valence-electron chi connectivity index (χ4n) is 1.72. The van der Waals surface area contributed by atoms with Crippen LogP contribution < -0.4 is 4.72 Å². The van der Waals surface area contributed by atoms with E-state index in [4.69, 9.17) is 4.84 Å². The first-order valence-electron chi connectivity index (χ1n) is 6.38. The van der Waals surface area contributed by atoms with Gasteiger partial charge in [-0.25, -0.2) is 18.2 Å². The summed E-state index contributed by atoms with van der Waals surface area (Å²) in [6.45, 7) is 0.218. The molecule has 2 aromatic rings. The van der Waals surface area contributed by atoms with E-state index in [-0.39, 0.29) is 17.0 Å². The molecule has 2 rings (SSSR count). The minimum Gasteiger partial charge on any atom is -0.274 e. The van der Waals surface area contributed by atoms with Gasteiger partial charge in [0.1, 0.15) is 0 Å². The molecule has 0 radical (unpaired) electrons. The zero-order valence-corrected chi connectivity index (χ0v) is 13.8. The van der Waals surface area contributed by atoms with Gasteiger partial charge in [0.25, 0.3) is 5.91 Å². The molecule has 1 aromatic heterocycles. The molecular formula is C14H16N2O4S2. The highest BCUT2D eigenvalue weighted by atomic mass is 32.2. The van der Waals surface area contributed by atoms with Gasteiger partial charge >= 0.3 is 0 Å². The van der Waals surface area contributed by atoms with Crippen molar-refractivity contribution in [2.45, 2.75) is 11.4 Å². The lowest BCUT2D eigenvalue weighted by Crippen LogP contribution is -2.26. The lowest BCUT2D eigenvalue weighted by atomic mass is 10.2.